The number of benzene rings is 2. The molecule has 0 aliphatic carbocycles. The molecule has 3 aromatic rings. The maximum atomic E-state index is 12.7. The molecule has 0 spiro atoms. The molecule has 0 radical (unpaired) electrons. The van der Waals surface area contributed by atoms with Gasteiger partial charge in [-0.1, -0.05) is 61.4 Å². The van der Waals surface area contributed by atoms with Gasteiger partial charge in [-0.25, -0.2) is 9.78 Å². The number of nitrogens with one attached hydrogen (secondary N) is 1. The van der Waals surface area contributed by atoms with Crippen LogP contribution in [0.2, 0.25) is 0 Å². The lowest BCUT2D eigenvalue weighted by molar-refractivity contribution is 0.190. The van der Waals surface area contributed by atoms with Crippen LogP contribution in [0.25, 0.3) is 10.9 Å². The SMILES string of the molecule is O=C(NC(CCN1CCCCCC1)c1ccccc1)Oc1ccc2ccccc2n1. The maximum Gasteiger partial charge on any atom is 0.414 e. The molecule has 2 heterocycles. The molecule has 30 heavy (non-hydrogen) atoms. The molecule has 1 aliphatic heterocycles. The molecule has 1 atom stereocenters. The molecule has 5 nitrogen and oxygen atoms in total. The molecule has 4 rings (SSSR count). The van der Waals surface area contributed by atoms with E-state index in [1.807, 2.05) is 48.5 Å². The molecule has 1 amide bonds. The fourth-order valence-corrected chi connectivity index (χ4v) is 4.05. The second-order valence-electron chi connectivity index (χ2n) is 7.88. The summed E-state index contributed by atoms with van der Waals surface area (Å²) in [7, 11) is 0. The summed E-state index contributed by atoms with van der Waals surface area (Å²) in [5, 5.41) is 4.08. The van der Waals surface area contributed by atoms with E-state index in [1.165, 1.54) is 25.7 Å². The number of fused-ring (bicyclic) bond motifs is 1. The van der Waals surface area contributed by atoms with Crippen LogP contribution in [0.15, 0.2) is 66.7 Å². The van der Waals surface area contributed by atoms with Crippen LogP contribution in [-0.4, -0.2) is 35.6 Å². The first-order valence-electron chi connectivity index (χ1n) is 10.9. The summed E-state index contributed by atoms with van der Waals surface area (Å²) in [4.78, 5) is 19.6. The molecule has 0 saturated carbocycles. The Balaban J connectivity index is 1.41. The topological polar surface area (TPSA) is 54.5 Å². The first-order valence-corrected chi connectivity index (χ1v) is 10.9. The fourth-order valence-electron chi connectivity index (χ4n) is 4.05. The van der Waals surface area contributed by atoms with E-state index in [4.69, 9.17) is 4.74 Å². The van der Waals surface area contributed by atoms with Gasteiger partial charge in [-0.3, -0.25) is 0 Å². The van der Waals surface area contributed by atoms with Gasteiger partial charge in [0, 0.05) is 18.0 Å². The van der Waals surface area contributed by atoms with E-state index in [9.17, 15) is 4.79 Å². The minimum Gasteiger partial charge on any atom is -0.391 e. The lowest BCUT2D eigenvalue weighted by Crippen LogP contribution is -2.34. The highest BCUT2D eigenvalue weighted by Gasteiger charge is 2.18. The van der Waals surface area contributed by atoms with E-state index in [-0.39, 0.29) is 6.04 Å². The number of likely N-dealkylation sites (tertiary alicyclic amines) is 1. The van der Waals surface area contributed by atoms with Gasteiger partial charge in [0.2, 0.25) is 5.88 Å². The Morgan fingerprint density at radius 2 is 1.67 bits per heavy atom. The Morgan fingerprint density at radius 1 is 0.933 bits per heavy atom. The van der Waals surface area contributed by atoms with Crippen molar-refractivity contribution in [2.75, 3.05) is 19.6 Å². The Kier molecular flexibility index (Phi) is 6.93. The summed E-state index contributed by atoms with van der Waals surface area (Å²) >= 11 is 0. The predicted octanol–water partition coefficient (Wildman–Crippen LogP) is 5.33. The van der Waals surface area contributed by atoms with Crippen molar-refractivity contribution < 1.29 is 9.53 Å². The Morgan fingerprint density at radius 3 is 2.47 bits per heavy atom. The number of pyridine rings is 1. The minimum absolute atomic E-state index is 0.0950. The van der Waals surface area contributed by atoms with Gasteiger partial charge in [-0.05, 0) is 50.0 Å². The summed E-state index contributed by atoms with van der Waals surface area (Å²) in [6.07, 6.45) is 5.55. The summed E-state index contributed by atoms with van der Waals surface area (Å²) in [6.45, 7) is 3.26. The molecule has 1 fully saturated rings. The summed E-state index contributed by atoms with van der Waals surface area (Å²) in [5.74, 6) is 0.311. The zero-order valence-corrected chi connectivity index (χ0v) is 17.3. The van der Waals surface area contributed by atoms with Gasteiger partial charge in [0.05, 0.1) is 11.6 Å². The standard InChI is InChI=1S/C25H29N3O2/c29-25(30-24-15-14-21-12-6-7-13-22(21)26-24)27-23(20-10-4-3-5-11-20)16-19-28-17-8-1-2-9-18-28/h3-7,10-15,23H,1-2,8-9,16-19H2,(H,27,29). The second kappa shape index (κ2) is 10.2. The van der Waals surface area contributed by atoms with Crippen molar-refractivity contribution in [3.63, 3.8) is 0 Å². The number of hydrogen-bond donors (Lipinski definition) is 1. The third kappa shape index (κ3) is 5.57. The summed E-state index contributed by atoms with van der Waals surface area (Å²) in [5.41, 5.74) is 1.90. The van der Waals surface area contributed by atoms with Gasteiger partial charge < -0.3 is 15.0 Å². The molecular weight excluding hydrogens is 374 g/mol. The maximum absolute atomic E-state index is 12.7. The van der Waals surface area contributed by atoms with Crippen molar-refractivity contribution in [2.45, 2.75) is 38.1 Å². The largest absolute Gasteiger partial charge is 0.414 e. The third-order valence-electron chi connectivity index (χ3n) is 5.70. The molecule has 5 heteroatoms. The quantitative estimate of drug-likeness (QED) is 0.604. The number of hydrogen-bond acceptors (Lipinski definition) is 4. The van der Waals surface area contributed by atoms with Gasteiger partial charge in [0.25, 0.3) is 0 Å². The predicted molar refractivity (Wildman–Crippen MR) is 120 cm³/mol. The average Bonchev–Trinajstić information content (AvgIpc) is 3.06. The van der Waals surface area contributed by atoms with Crippen LogP contribution in [0, 0.1) is 0 Å². The van der Waals surface area contributed by atoms with Crippen LogP contribution >= 0.6 is 0 Å². The number of aromatic nitrogens is 1. The van der Waals surface area contributed by atoms with E-state index < -0.39 is 6.09 Å². The third-order valence-corrected chi connectivity index (χ3v) is 5.70. The van der Waals surface area contributed by atoms with Crippen molar-refractivity contribution >= 4 is 17.0 Å². The van der Waals surface area contributed by atoms with Crippen LogP contribution in [-0.2, 0) is 0 Å². The number of ether oxygens (including phenoxy) is 1. The number of para-hydroxylation sites is 1. The lowest BCUT2D eigenvalue weighted by atomic mass is 10.0. The number of carbonyl (C=O) groups is 1. The molecule has 156 valence electrons. The van der Waals surface area contributed by atoms with Crippen molar-refractivity contribution in [1.82, 2.24) is 15.2 Å². The van der Waals surface area contributed by atoms with Gasteiger partial charge >= 0.3 is 6.09 Å². The van der Waals surface area contributed by atoms with Crippen LogP contribution in [0.1, 0.15) is 43.7 Å². The van der Waals surface area contributed by atoms with Crippen LogP contribution in [0.3, 0.4) is 0 Å². The van der Waals surface area contributed by atoms with Crippen molar-refractivity contribution in [3.05, 3.63) is 72.3 Å². The smallest absolute Gasteiger partial charge is 0.391 e. The van der Waals surface area contributed by atoms with E-state index in [2.05, 4.69) is 27.3 Å². The molecule has 1 N–H and O–H groups in total. The van der Waals surface area contributed by atoms with Crippen molar-refractivity contribution in [1.29, 1.82) is 0 Å². The van der Waals surface area contributed by atoms with Crippen LogP contribution in [0.4, 0.5) is 4.79 Å². The van der Waals surface area contributed by atoms with Crippen LogP contribution in [0.5, 0.6) is 5.88 Å². The fraction of sp³-hybridized carbons (Fsp3) is 0.360. The average molecular weight is 404 g/mol. The minimum atomic E-state index is -0.470. The first-order chi connectivity index (χ1) is 14.8. The normalized spacial score (nSPS) is 16.0. The van der Waals surface area contributed by atoms with Gasteiger partial charge in [-0.2, -0.15) is 0 Å². The molecule has 0 bridgehead atoms. The molecule has 1 saturated heterocycles. The summed E-state index contributed by atoms with van der Waals surface area (Å²) in [6, 6.07) is 21.5. The van der Waals surface area contributed by atoms with Crippen molar-refractivity contribution in [3.8, 4) is 5.88 Å². The molecular formula is C25H29N3O2. The van der Waals surface area contributed by atoms with E-state index in [0.717, 1.165) is 42.5 Å². The number of nitrogens with zero attached hydrogens (tertiary/aromatic N) is 2. The Labute approximate surface area is 178 Å². The highest BCUT2D eigenvalue weighted by molar-refractivity contribution is 5.79. The molecule has 1 aliphatic rings. The number of carbonyl (C=O) groups excluding carboxylic acids is 1. The first kappa shape index (κ1) is 20.4. The van der Waals surface area contributed by atoms with Crippen molar-refractivity contribution in [2.24, 2.45) is 0 Å². The Bertz CT molecular complexity index is 953. The second-order valence-corrected chi connectivity index (χ2v) is 7.88. The van der Waals surface area contributed by atoms with Gasteiger partial charge in [0.15, 0.2) is 0 Å². The molecule has 1 unspecified atom stereocenters. The highest BCUT2D eigenvalue weighted by atomic mass is 16.6. The van der Waals surface area contributed by atoms with Gasteiger partial charge in [0.1, 0.15) is 0 Å². The number of rotatable bonds is 6. The Hall–Kier alpha value is -2.92. The number of amides is 1. The zero-order chi connectivity index (χ0) is 20.6. The molecule has 2 aromatic carbocycles. The van der Waals surface area contributed by atoms with E-state index >= 15 is 0 Å². The van der Waals surface area contributed by atoms with E-state index in [1.54, 1.807) is 6.07 Å². The van der Waals surface area contributed by atoms with E-state index in [0.29, 0.717) is 5.88 Å². The summed E-state index contributed by atoms with van der Waals surface area (Å²) < 4.78 is 5.51. The molecule has 1 aromatic heterocycles. The highest BCUT2D eigenvalue weighted by Crippen LogP contribution is 2.20. The lowest BCUT2D eigenvalue weighted by Gasteiger charge is -2.24. The zero-order valence-electron chi connectivity index (χ0n) is 17.3. The monoisotopic (exact) mass is 403 g/mol. The van der Waals surface area contributed by atoms with Gasteiger partial charge in [-0.15, -0.1) is 0 Å². The van der Waals surface area contributed by atoms with Crippen LogP contribution < -0.4 is 10.1 Å².